The Hall–Kier alpha value is -1.61. The molecule has 1 rings (SSSR count). The standard InChI is InChI=1S/C11H9ClO3/c12-10-6-8(7-13)4-5-9(10)2-1-3-11(14)15/h1-2,4-7H,3H2,(H,14,15). The van der Waals surface area contributed by atoms with E-state index in [1.54, 1.807) is 18.2 Å². The van der Waals surface area contributed by atoms with Crippen LogP contribution in [0.1, 0.15) is 22.3 Å². The fourth-order valence-corrected chi connectivity index (χ4v) is 1.29. The molecule has 0 aliphatic heterocycles. The van der Waals surface area contributed by atoms with E-state index in [9.17, 15) is 9.59 Å². The number of rotatable bonds is 4. The van der Waals surface area contributed by atoms with Crippen LogP contribution in [0.25, 0.3) is 6.08 Å². The number of hydrogen-bond donors (Lipinski definition) is 1. The second-order valence-corrected chi connectivity index (χ2v) is 3.31. The summed E-state index contributed by atoms with van der Waals surface area (Å²) in [5.41, 5.74) is 1.19. The van der Waals surface area contributed by atoms with Gasteiger partial charge in [-0.1, -0.05) is 35.9 Å². The first-order valence-electron chi connectivity index (χ1n) is 4.26. The number of carboxylic acids is 1. The molecule has 0 saturated carbocycles. The highest BCUT2D eigenvalue weighted by molar-refractivity contribution is 6.32. The average molecular weight is 225 g/mol. The van der Waals surface area contributed by atoms with E-state index in [0.29, 0.717) is 22.4 Å². The number of benzene rings is 1. The Morgan fingerprint density at radius 2 is 2.20 bits per heavy atom. The van der Waals surface area contributed by atoms with E-state index >= 15 is 0 Å². The van der Waals surface area contributed by atoms with Crippen LogP contribution in [0.15, 0.2) is 24.3 Å². The van der Waals surface area contributed by atoms with Crippen LogP contribution >= 0.6 is 11.6 Å². The summed E-state index contributed by atoms with van der Waals surface area (Å²) in [6.45, 7) is 0. The highest BCUT2D eigenvalue weighted by atomic mass is 35.5. The molecule has 0 heterocycles. The second kappa shape index (κ2) is 5.32. The summed E-state index contributed by atoms with van der Waals surface area (Å²) in [5.74, 6) is -0.896. The lowest BCUT2D eigenvalue weighted by molar-refractivity contribution is -0.135. The molecule has 0 fully saturated rings. The van der Waals surface area contributed by atoms with Gasteiger partial charge in [0.15, 0.2) is 0 Å². The first-order chi connectivity index (χ1) is 7.13. The number of carboxylic acid groups (broad SMARTS) is 1. The second-order valence-electron chi connectivity index (χ2n) is 2.90. The Morgan fingerprint density at radius 1 is 1.47 bits per heavy atom. The van der Waals surface area contributed by atoms with E-state index < -0.39 is 5.97 Å². The Balaban J connectivity index is 2.82. The molecule has 0 bridgehead atoms. The van der Waals surface area contributed by atoms with Crippen molar-refractivity contribution in [1.82, 2.24) is 0 Å². The molecule has 0 spiro atoms. The number of carbonyl (C=O) groups is 2. The van der Waals surface area contributed by atoms with E-state index in [2.05, 4.69) is 0 Å². The van der Waals surface area contributed by atoms with Gasteiger partial charge in [0.2, 0.25) is 0 Å². The molecule has 0 amide bonds. The number of halogens is 1. The molecule has 0 aliphatic rings. The third kappa shape index (κ3) is 3.56. The van der Waals surface area contributed by atoms with E-state index in [4.69, 9.17) is 16.7 Å². The van der Waals surface area contributed by atoms with Crippen LogP contribution in [-0.2, 0) is 4.79 Å². The zero-order chi connectivity index (χ0) is 11.3. The SMILES string of the molecule is O=Cc1ccc(C=CCC(=O)O)c(Cl)c1. The maximum atomic E-state index is 10.4. The lowest BCUT2D eigenvalue weighted by Gasteiger charge is -1.98. The molecule has 3 nitrogen and oxygen atoms in total. The zero-order valence-electron chi connectivity index (χ0n) is 7.81. The van der Waals surface area contributed by atoms with E-state index in [1.807, 2.05) is 0 Å². The molecule has 1 aromatic carbocycles. The van der Waals surface area contributed by atoms with Crippen molar-refractivity contribution in [2.75, 3.05) is 0 Å². The van der Waals surface area contributed by atoms with Gasteiger partial charge in [-0.25, -0.2) is 0 Å². The first-order valence-corrected chi connectivity index (χ1v) is 4.64. The highest BCUT2D eigenvalue weighted by Gasteiger charge is 1.98. The minimum atomic E-state index is -0.896. The predicted octanol–water partition coefficient (Wildman–Crippen LogP) is 2.64. The van der Waals surface area contributed by atoms with Crippen LogP contribution in [0.4, 0.5) is 0 Å². The summed E-state index contributed by atoms with van der Waals surface area (Å²) in [5, 5.41) is 8.84. The van der Waals surface area contributed by atoms with Gasteiger partial charge in [0, 0.05) is 10.6 Å². The molecule has 0 radical (unpaired) electrons. The van der Waals surface area contributed by atoms with Crippen molar-refractivity contribution in [2.45, 2.75) is 6.42 Å². The normalized spacial score (nSPS) is 10.5. The summed E-state index contributed by atoms with van der Waals surface area (Å²) >= 11 is 5.87. The van der Waals surface area contributed by atoms with Crippen molar-refractivity contribution in [3.05, 3.63) is 40.4 Å². The molecular formula is C11H9ClO3. The quantitative estimate of drug-likeness (QED) is 0.800. The van der Waals surface area contributed by atoms with Gasteiger partial charge < -0.3 is 5.11 Å². The van der Waals surface area contributed by atoms with Crippen molar-refractivity contribution < 1.29 is 14.7 Å². The van der Waals surface area contributed by atoms with Gasteiger partial charge in [0.1, 0.15) is 6.29 Å². The number of aldehydes is 1. The fourth-order valence-electron chi connectivity index (χ4n) is 1.04. The number of aliphatic carboxylic acids is 1. The van der Waals surface area contributed by atoms with Gasteiger partial charge >= 0.3 is 5.97 Å². The van der Waals surface area contributed by atoms with Crippen molar-refractivity contribution >= 4 is 29.9 Å². The lowest BCUT2D eigenvalue weighted by Crippen LogP contribution is -1.89. The van der Waals surface area contributed by atoms with Gasteiger partial charge in [-0.3, -0.25) is 9.59 Å². The Bertz CT molecular complexity index is 410. The first kappa shape index (κ1) is 11.5. The van der Waals surface area contributed by atoms with Crippen LogP contribution < -0.4 is 0 Å². The summed E-state index contributed by atoms with van der Waals surface area (Å²) < 4.78 is 0. The van der Waals surface area contributed by atoms with Gasteiger partial charge in [0.05, 0.1) is 6.42 Å². The topological polar surface area (TPSA) is 54.4 Å². The van der Waals surface area contributed by atoms with Crippen LogP contribution in [0.2, 0.25) is 5.02 Å². The molecule has 78 valence electrons. The summed E-state index contributed by atoms with van der Waals surface area (Å²) in [6.07, 6.45) is 3.78. The summed E-state index contributed by atoms with van der Waals surface area (Å²) in [4.78, 5) is 20.7. The minimum Gasteiger partial charge on any atom is -0.481 e. The number of carbonyl (C=O) groups excluding carboxylic acids is 1. The van der Waals surface area contributed by atoms with Crippen LogP contribution in [0.5, 0.6) is 0 Å². The largest absolute Gasteiger partial charge is 0.481 e. The molecule has 1 aromatic rings. The zero-order valence-corrected chi connectivity index (χ0v) is 8.57. The molecule has 0 atom stereocenters. The van der Waals surface area contributed by atoms with Gasteiger partial charge in [0.25, 0.3) is 0 Å². The van der Waals surface area contributed by atoms with E-state index in [-0.39, 0.29) is 6.42 Å². The molecule has 15 heavy (non-hydrogen) atoms. The monoisotopic (exact) mass is 224 g/mol. The van der Waals surface area contributed by atoms with Crippen molar-refractivity contribution in [1.29, 1.82) is 0 Å². The number of hydrogen-bond acceptors (Lipinski definition) is 2. The highest BCUT2D eigenvalue weighted by Crippen LogP contribution is 2.18. The minimum absolute atomic E-state index is 0.0498. The fraction of sp³-hybridized carbons (Fsp3) is 0.0909. The predicted molar refractivity (Wildman–Crippen MR) is 58.1 cm³/mol. The lowest BCUT2D eigenvalue weighted by atomic mass is 10.1. The van der Waals surface area contributed by atoms with Crippen LogP contribution in [0, 0.1) is 0 Å². The third-order valence-corrected chi connectivity index (χ3v) is 2.08. The van der Waals surface area contributed by atoms with Crippen LogP contribution in [-0.4, -0.2) is 17.4 Å². The molecule has 0 aliphatic carbocycles. The maximum absolute atomic E-state index is 10.4. The summed E-state index contributed by atoms with van der Waals surface area (Å²) in [7, 11) is 0. The van der Waals surface area contributed by atoms with Crippen molar-refractivity contribution in [3.63, 3.8) is 0 Å². The molecule has 4 heteroatoms. The van der Waals surface area contributed by atoms with Crippen molar-refractivity contribution in [3.8, 4) is 0 Å². The van der Waals surface area contributed by atoms with E-state index in [0.717, 1.165) is 0 Å². The van der Waals surface area contributed by atoms with Crippen molar-refractivity contribution in [2.24, 2.45) is 0 Å². The Morgan fingerprint density at radius 3 is 2.73 bits per heavy atom. The van der Waals surface area contributed by atoms with Gasteiger partial charge in [-0.15, -0.1) is 0 Å². The Labute approximate surface area is 92.0 Å². The average Bonchev–Trinajstić information content (AvgIpc) is 2.20. The molecule has 0 unspecified atom stereocenters. The third-order valence-electron chi connectivity index (χ3n) is 1.75. The van der Waals surface area contributed by atoms with Crippen LogP contribution in [0.3, 0.4) is 0 Å². The molecular weight excluding hydrogens is 216 g/mol. The van der Waals surface area contributed by atoms with Gasteiger partial charge in [-0.2, -0.15) is 0 Å². The molecule has 0 aromatic heterocycles. The molecule has 0 saturated heterocycles. The smallest absolute Gasteiger partial charge is 0.307 e. The Kier molecular flexibility index (Phi) is 4.06. The molecule has 1 N–H and O–H groups in total. The maximum Gasteiger partial charge on any atom is 0.307 e. The van der Waals surface area contributed by atoms with Gasteiger partial charge in [-0.05, 0) is 11.6 Å². The summed E-state index contributed by atoms with van der Waals surface area (Å²) in [6, 6.07) is 4.83. The van der Waals surface area contributed by atoms with E-state index in [1.165, 1.54) is 12.1 Å².